The highest BCUT2D eigenvalue weighted by atomic mass is 16.3. The number of fused-ring (bicyclic) bond motifs is 1. The molecule has 0 heterocycles. The molecule has 142 valence electrons. The number of ketones is 2. The van der Waals surface area contributed by atoms with Crippen LogP contribution in [0.15, 0.2) is 0 Å². The van der Waals surface area contributed by atoms with Gasteiger partial charge in [-0.05, 0) is 99.9 Å². The summed E-state index contributed by atoms with van der Waals surface area (Å²) < 4.78 is 0. The van der Waals surface area contributed by atoms with Crippen molar-refractivity contribution in [3.05, 3.63) is 61.2 Å². The van der Waals surface area contributed by atoms with Crippen LogP contribution in [0.25, 0.3) is 0 Å². The molecule has 2 aromatic rings. The number of aromatic hydroxyl groups is 1. The summed E-state index contributed by atoms with van der Waals surface area (Å²) in [6.07, 6.45) is 0. The van der Waals surface area contributed by atoms with Crippen molar-refractivity contribution in [1.82, 2.24) is 0 Å². The molecular formula is C23H27NO3. The summed E-state index contributed by atoms with van der Waals surface area (Å²) >= 11 is 0. The quantitative estimate of drug-likeness (QED) is 0.746. The third-order valence-electron chi connectivity index (χ3n) is 6.91. The van der Waals surface area contributed by atoms with Gasteiger partial charge in [0.15, 0.2) is 17.1 Å². The zero-order valence-corrected chi connectivity index (χ0v) is 17.3. The summed E-state index contributed by atoms with van der Waals surface area (Å²) in [5.74, 6) is -0.907. The number of Topliss-reactive ketones (excluding diaryl/α,β-unsaturated/α-hetero) is 2. The molecule has 3 rings (SSSR count). The Kier molecular flexibility index (Phi) is 4.12. The van der Waals surface area contributed by atoms with Crippen molar-refractivity contribution in [1.29, 1.82) is 0 Å². The van der Waals surface area contributed by atoms with Crippen molar-refractivity contribution < 1.29 is 14.7 Å². The number of hydrogen-bond acceptors (Lipinski definition) is 4. The van der Waals surface area contributed by atoms with Crippen LogP contribution < -0.4 is 5.73 Å². The Morgan fingerprint density at radius 3 is 1.33 bits per heavy atom. The molecule has 1 aliphatic carbocycles. The second-order valence-electron chi connectivity index (χ2n) is 7.94. The minimum Gasteiger partial charge on any atom is -0.507 e. The van der Waals surface area contributed by atoms with Crippen LogP contribution >= 0.6 is 0 Å². The fraction of sp³-hybridized carbons (Fsp3) is 0.391. The fourth-order valence-corrected chi connectivity index (χ4v) is 4.38. The first-order chi connectivity index (χ1) is 12.4. The molecule has 4 nitrogen and oxygen atoms in total. The summed E-state index contributed by atoms with van der Waals surface area (Å²) in [4.78, 5) is 27.0. The Morgan fingerprint density at radius 2 is 0.926 bits per heavy atom. The summed E-state index contributed by atoms with van der Waals surface area (Å²) in [5.41, 5.74) is 12.5. The molecule has 0 bridgehead atoms. The molecule has 0 unspecified atom stereocenters. The smallest absolute Gasteiger partial charge is 0.196 e. The normalized spacial score (nSPS) is 15.4. The van der Waals surface area contributed by atoms with E-state index >= 15 is 0 Å². The van der Waals surface area contributed by atoms with Crippen LogP contribution in [-0.2, 0) is 5.54 Å². The first kappa shape index (κ1) is 19.3. The lowest BCUT2D eigenvalue weighted by molar-refractivity contribution is 0.0794. The van der Waals surface area contributed by atoms with Crippen LogP contribution in [0.1, 0.15) is 70.8 Å². The third-order valence-corrected chi connectivity index (χ3v) is 6.91. The molecule has 0 fully saturated rings. The van der Waals surface area contributed by atoms with E-state index in [4.69, 9.17) is 5.73 Å². The standard InChI is InChI=1S/C23H27NO3/c1-9-10(2)14(6)18-17(13(9)5)21(26)23(24,22(18)27)19-15(7)11(3)12(4)16(8)20(19)25/h25H,24H2,1-8H3. The Balaban J connectivity index is 2.45. The van der Waals surface area contributed by atoms with Gasteiger partial charge in [0.05, 0.1) is 0 Å². The molecule has 0 radical (unpaired) electrons. The van der Waals surface area contributed by atoms with Gasteiger partial charge in [0.1, 0.15) is 5.75 Å². The molecule has 0 aliphatic heterocycles. The predicted octanol–water partition coefficient (Wildman–Crippen LogP) is 4.09. The van der Waals surface area contributed by atoms with E-state index < -0.39 is 17.1 Å². The molecular weight excluding hydrogens is 338 g/mol. The average molecular weight is 365 g/mol. The highest BCUT2D eigenvalue weighted by molar-refractivity contribution is 6.34. The molecule has 0 saturated heterocycles. The second-order valence-corrected chi connectivity index (χ2v) is 7.94. The highest BCUT2D eigenvalue weighted by Crippen LogP contribution is 2.46. The largest absolute Gasteiger partial charge is 0.507 e. The summed E-state index contributed by atoms with van der Waals surface area (Å²) in [7, 11) is 0. The number of hydrogen-bond donors (Lipinski definition) is 2. The third kappa shape index (κ3) is 2.13. The number of carbonyl (C=O) groups is 2. The topological polar surface area (TPSA) is 80.4 Å². The van der Waals surface area contributed by atoms with E-state index in [1.54, 1.807) is 6.92 Å². The van der Waals surface area contributed by atoms with Crippen molar-refractivity contribution in [2.24, 2.45) is 5.73 Å². The Hall–Kier alpha value is -2.46. The molecule has 4 heteroatoms. The minimum absolute atomic E-state index is 0.0589. The molecule has 27 heavy (non-hydrogen) atoms. The van der Waals surface area contributed by atoms with Crippen molar-refractivity contribution >= 4 is 11.6 Å². The van der Waals surface area contributed by atoms with Crippen molar-refractivity contribution in [2.45, 2.75) is 60.9 Å². The summed E-state index contributed by atoms with van der Waals surface area (Å²) in [6, 6.07) is 0. The van der Waals surface area contributed by atoms with E-state index in [2.05, 4.69) is 0 Å². The van der Waals surface area contributed by atoms with E-state index in [-0.39, 0.29) is 11.3 Å². The van der Waals surface area contributed by atoms with E-state index in [1.165, 1.54) is 0 Å². The molecule has 0 saturated carbocycles. The van der Waals surface area contributed by atoms with Gasteiger partial charge in [-0.3, -0.25) is 9.59 Å². The Labute approximate surface area is 160 Å². The van der Waals surface area contributed by atoms with Crippen molar-refractivity contribution in [3.63, 3.8) is 0 Å². The van der Waals surface area contributed by atoms with Crippen LogP contribution in [0.3, 0.4) is 0 Å². The van der Waals surface area contributed by atoms with Gasteiger partial charge >= 0.3 is 0 Å². The maximum Gasteiger partial charge on any atom is 0.196 e. The average Bonchev–Trinajstić information content (AvgIpc) is 2.83. The van der Waals surface area contributed by atoms with E-state index in [0.717, 1.165) is 33.4 Å². The van der Waals surface area contributed by atoms with Gasteiger partial charge in [-0.1, -0.05) is 0 Å². The first-order valence-electron chi connectivity index (χ1n) is 9.17. The molecule has 0 atom stereocenters. The minimum atomic E-state index is -1.89. The second kappa shape index (κ2) is 5.77. The number of rotatable bonds is 1. The molecule has 0 spiro atoms. The molecule has 3 N–H and O–H groups in total. The Bertz CT molecular complexity index is 985. The van der Waals surface area contributed by atoms with Crippen LogP contribution in [0.5, 0.6) is 5.75 Å². The molecule has 0 amide bonds. The van der Waals surface area contributed by atoms with Gasteiger partial charge < -0.3 is 10.8 Å². The van der Waals surface area contributed by atoms with Gasteiger partial charge in [0, 0.05) is 16.7 Å². The summed E-state index contributed by atoms with van der Waals surface area (Å²) in [5, 5.41) is 10.9. The molecule has 1 aliphatic rings. The SMILES string of the molecule is Cc1c(C)c(C)c(C2(N)C(=O)c3c(C)c(C)c(C)c(C)c3C2=O)c(O)c1C. The van der Waals surface area contributed by atoms with Crippen LogP contribution in [0.4, 0.5) is 0 Å². The highest BCUT2D eigenvalue weighted by Gasteiger charge is 2.55. The first-order valence-corrected chi connectivity index (χ1v) is 9.17. The molecule has 0 aromatic heterocycles. The van der Waals surface area contributed by atoms with Crippen LogP contribution in [-0.4, -0.2) is 16.7 Å². The number of nitrogens with two attached hydrogens (primary N) is 1. The molecule has 2 aromatic carbocycles. The maximum atomic E-state index is 13.5. The van der Waals surface area contributed by atoms with Crippen LogP contribution in [0.2, 0.25) is 0 Å². The van der Waals surface area contributed by atoms with Gasteiger partial charge in [-0.15, -0.1) is 0 Å². The fourth-order valence-electron chi connectivity index (χ4n) is 4.38. The lowest BCUT2D eigenvalue weighted by atomic mass is 9.79. The van der Waals surface area contributed by atoms with Gasteiger partial charge in [-0.25, -0.2) is 0 Å². The van der Waals surface area contributed by atoms with E-state index in [0.29, 0.717) is 22.3 Å². The number of phenols is 1. The number of carbonyl (C=O) groups excluding carboxylic acids is 2. The monoisotopic (exact) mass is 365 g/mol. The number of benzene rings is 2. The van der Waals surface area contributed by atoms with Gasteiger partial charge in [-0.2, -0.15) is 0 Å². The number of phenolic OH excluding ortho intramolecular Hbond substituents is 1. The van der Waals surface area contributed by atoms with Gasteiger partial charge in [0.25, 0.3) is 0 Å². The lowest BCUT2D eigenvalue weighted by Crippen LogP contribution is -2.48. The van der Waals surface area contributed by atoms with E-state index in [9.17, 15) is 14.7 Å². The van der Waals surface area contributed by atoms with Crippen LogP contribution in [0, 0.1) is 55.4 Å². The zero-order valence-electron chi connectivity index (χ0n) is 17.3. The van der Waals surface area contributed by atoms with Gasteiger partial charge in [0.2, 0.25) is 0 Å². The van der Waals surface area contributed by atoms with Crippen molar-refractivity contribution in [3.8, 4) is 5.75 Å². The lowest BCUT2D eigenvalue weighted by Gasteiger charge is -2.27. The zero-order chi connectivity index (χ0) is 20.6. The predicted molar refractivity (Wildman–Crippen MR) is 107 cm³/mol. The summed E-state index contributed by atoms with van der Waals surface area (Å²) in [6.45, 7) is 15.1. The Morgan fingerprint density at radius 1 is 0.593 bits per heavy atom. The van der Waals surface area contributed by atoms with E-state index in [1.807, 2.05) is 48.5 Å². The maximum absolute atomic E-state index is 13.5. The van der Waals surface area contributed by atoms with Crippen molar-refractivity contribution in [2.75, 3.05) is 0 Å².